The molecular weight excluding hydrogens is 270 g/mol. The number of ether oxygens (including phenoxy) is 2. The highest BCUT2D eigenvalue weighted by Crippen LogP contribution is 2.33. The van der Waals surface area contributed by atoms with E-state index in [0.29, 0.717) is 24.5 Å². The largest absolute Gasteiger partial charge is 0.482 e. The first-order valence-corrected chi connectivity index (χ1v) is 6.92. The van der Waals surface area contributed by atoms with Gasteiger partial charge in [-0.3, -0.25) is 4.79 Å². The Kier molecular flexibility index (Phi) is 3.77. The van der Waals surface area contributed by atoms with Crippen LogP contribution in [-0.2, 0) is 11.2 Å². The molecular formula is C15H17N3O3. The topological polar surface area (TPSA) is 76.2 Å². The lowest BCUT2D eigenvalue weighted by Crippen LogP contribution is -2.49. The summed E-state index contributed by atoms with van der Waals surface area (Å²) in [4.78, 5) is 19.3. The molecule has 1 aliphatic heterocycles. The van der Waals surface area contributed by atoms with Crippen molar-refractivity contribution in [2.75, 3.05) is 6.54 Å². The molecule has 2 unspecified atom stereocenters. The molecule has 0 saturated carbocycles. The number of rotatable bonds is 4. The van der Waals surface area contributed by atoms with Crippen LogP contribution in [0.2, 0.25) is 0 Å². The van der Waals surface area contributed by atoms with E-state index in [0.717, 1.165) is 5.82 Å². The summed E-state index contributed by atoms with van der Waals surface area (Å²) in [5.74, 6) is 1.93. The summed E-state index contributed by atoms with van der Waals surface area (Å²) in [5.41, 5.74) is 0. The molecule has 0 radical (unpaired) electrons. The van der Waals surface area contributed by atoms with Gasteiger partial charge < -0.3 is 19.8 Å². The lowest BCUT2D eigenvalue weighted by molar-refractivity contribution is -0.133. The summed E-state index contributed by atoms with van der Waals surface area (Å²) in [5, 5.41) is 2.85. The molecule has 2 atom stereocenters. The minimum Gasteiger partial charge on any atom is -0.482 e. The van der Waals surface area contributed by atoms with Crippen molar-refractivity contribution < 1.29 is 14.3 Å². The van der Waals surface area contributed by atoms with Crippen LogP contribution in [0.1, 0.15) is 12.7 Å². The highest BCUT2D eigenvalue weighted by atomic mass is 16.6. The van der Waals surface area contributed by atoms with Gasteiger partial charge in [-0.05, 0) is 19.1 Å². The number of fused-ring (bicyclic) bond motifs is 1. The molecule has 0 aliphatic carbocycles. The van der Waals surface area contributed by atoms with E-state index in [4.69, 9.17) is 9.47 Å². The number of aromatic nitrogens is 2. The smallest absolute Gasteiger partial charge is 0.265 e. The average Bonchev–Trinajstić information content (AvgIpc) is 2.99. The van der Waals surface area contributed by atoms with Gasteiger partial charge in [-0.2, -0.15) is 0 Å². The second kappa shape index (κ2) is 5.87. The van der Waals surface area contributed by atoms with E-state index in [1.54, 1.807) is 18.5 Å². The quantitative estimate of drug-likeness (QED) is 0.888. The van der Waals surface area contributed by atoms with Crippen molar-refractivity contribution >= 4 is 5.91 Å². The minimum absolute atomic E-state index is 0.177. The number of carbonyl (C=O) groups is 1. The molecule has 1 amide bonds. The average molecular weight is 287 g/mol. The zero-order chi connectivity index (χ0) is 14.7. The van der Waals surface area contributed by atoms with Crippen LogP contribution in [0.5, 0.6) is 11.5 Å². The van der Waals surface area contributed by atoms with Gasteiger partial charge >= 0.3 is 0 Å². The Morgan fingerprint density at radius 2 is 2.10 bits per heavy atom. The number of aromatic amines is 1. The Hall–Kier alpha value is -2.50. The number of amides is 1. The van der Waals surface area contributed by atoms with Crippen molar-refractivity contribution in [3.8, 4) is 11.5 Å². The Morgan fingerprint density at radius 3 is 2.81 bits per heavy atom. The van der Waals surface area contributed by atoms with Crippen LogP contribution in [0.15, 0.2) is 36.7 Å². The van der Waals surface area contributed by atoms with Crippen LogP contribution in [0.4, 0.5) is 0 Å². The van der Waals surface area contributed by atoms with E-state index in [-0.39, 0.29) is 12.0 Å². The predicted octanol–water partition coefficient (Wildman–Crippen LogP) is 1.30. The van der Waals surface area contributed by atoms with Gasteiger partial charge in [0, 0.05) is 25.4 Å². The maximum absolute atomic E-state index is 12.2. The molecule has 6 heteroatoms. The Balaban J connectivity index is 1.57. The van der Waals surface area contributed by atoms with E-state index >= 15 is 0 Å². The van der Waals surface area contributed by atoms with Crippen LogP contribution < -0.4 is 14.8 Å². The van der Waals surface area contributed by atoms with Crippen molar-refractivity contribution in [1.82, 2.24) is 15.3 Å². The summed E-state index contributed by atoms with van der Waals surface area (Å²) >= 11 is 0. The van der Waals surface area contributed by atoms with E-state index in [9.17, 15) is 4.79 Å². The summed E-state index contributed by atoms with van der Waals surface area (Å²) in [6.07, 6.45) is 3.12. The van der Waals surface area contributed by atoms with Crippen LogP contribution in [0, 0.1) is 0 Å². The maximum atomic E-state index is 12.2. The lowest BCUT2D eigenvalue weighted by Gasteiger charge is -2.30. The predicted molar refractivity (Wildman–Crippen MR) is 76.2 cm³/mol. The van der Waals surface area contributed by atoms with Crippen LogP contribution in [0.25, 0.3) is 0 Å². The zero-order valence-corrected chi connectivity index (χ0v) is 11.7. The second-order valence-electron chi connectivity index (χ2n) is 4.89. The van der Waals surface area contributed by atoms with Crippen LogP contribution in [-0.4, -0.2) is 34.6 Å². The standard InChI is InChI=1S/C15H17N3O3/c1-10-14(21-12-5-3-2-4-11(12)20-10)15(19)18-7-6-13-16-8-9-17-13/h2-5,8-10,14H,6-7H2,1H3,(H,16,17)(H,18,19). The Morgan fingerprint density at radius 1 is 1.33 bits per heavy atom. The summed E-state index contributed by atoms with van der Waals surface area (Å²) < 4.78 is 11.4. The fourth-order valence-electron chi connectivity index (χ4n) is 2.25. The summed E-state index contributed by atoms with van der Waals surface area (Å²) in [6, 6.07) is 7.35. The van der Waals surface area contributed by atoms with Crippen LogP contribution in [0.3, 0.4) is 0 Å². The monoisotopic (exact) mass is 287 g/mol. The van der Waals surface area contributed by atoms with E-state index in [2.05, 4.69) is 15.3 Å². The second-order valence-corrected chi connectivity index (χ2v) is 4.89. The first-order valence-electron chi connectivity index (χ1n) is 6.92. The third-order valence-electron chi connectivity index (χ3n) is 3.32. The van der Waals surface area contributed by atoms with Gasteiger partial charge in [0.1, 0.15) is 11.9 Å². The molecule has 0 spiro atoms. The van der Waals surface area contributed by atoms with Gasteiger partial charge in [-0.1, -0.05) is 12.1 Å². The molecule has 21 heavy (non-hydrogen) atoms. The fourth-order valence-corrected chi connectivity index (χ4v) is 2.25. The minimum atomic E-state index is -0.642. The molecule has 1 aromatic heterocycles. The SMILES string of the molecule is CC1Oc2ccccc2OC1C(=O)NCCc1ncc[nH]1. The number of benzene rings is 1. The van der Waals surface area contributed by atoms with Crippen molar-refractivity contribution in [1.29, 1.82) is 0 Å². The van der Waals surface area contributed by atoms with Crippen LogP contribution >= 0.6 is 0 Å². The molecule has 0 saturated heterocycles. The number of hydrogen-bond acceptors (Lipinski definition) is 4. The van der Waals surface area contributed by atoms with Crippen molar-refractivity contribution in [2.24, 2.45) is 0 Å². The Labute approximate surface area is 122 Å². The number of H-pyrrole nitrogens is 1. The third-order valence-corrected chi connectivity index (χ3v) is 3.32. The molecule has 110 valence electrons. The Bertz CT molecular complexity index is 612. The molecule has 0 fully saturated rings. The number of para-hydroxylation sites is 2. The molecule has 1 aliphatic rings. The lowest BCUT2D eigenvalue weighted by atomic mass is 10.1. The van der Waals surface area contributed by atoms with E-state index in [1.165, 1.54) is 0 Å². The van der Waals surface area contributed by atoms with Gasteiger partial charge in [-0.15, -0.1) is 0 Å². The molecule has 1 aromatic carbocycles. The van der Waals surface area contributed by atoms with Crippen molar-refractivity contribution in [2.45, 2.75) is 25.6 Å². The maximum Gasteiger partial charge on any atom is 0.265 e. The normalized spacial score (nSPS) is 20.0. The van der Waals surface area contributed by atoms with Crippen molar-refractivity contribution in [3.05, 3.63) is 42.5 Å². The van der Waals surface area contributed by atoms with E-state index < -0.39 is 6.10 Å². The first kappa shape index (κ1) is 13.5. The molecule has 6 nitrogen and oxygen atoms in total. The number of hydrogen-bond donors (Lipinski definition) is 2. The molecule has 2 aromatic rings. The summed E-state index contributed by atoms with van der Waals surface area (Å²) in [6.45, 7) is 2.33. The molecule has 2 heterocycles. The number of carbonyl (C=O) groups excluding carboxylic acids is 1. The number of imidazole rings is 1. The van der Waals surface area contributed by atoms with E-state index in [1.807, 2.05) is 25.1 Å². The molecule has 2 N–H and O–H groups in total. The van der Waals surface area contributed by atoms with Gasteiger partial charge in [0.15, 0.2) is 11.5 Å². The highest BCUT2D eigenvalue weighted by Gasteiger charge is 2.33. The first-order chi connectivity index (χ1) is 10.2. The molecule has 0 bridgehead atoms. The highest BCUT2D eigenvalue weighted by molar-refractivity contribution is 5.82. The third kappa shape index (κ3) is 2.99. The van der Waals surface area contributed by atoms with Crippen molar-refractivity contribution in [3.63, 3.8) is 0 Å². The fraction of sp³-hybridized carbons (Fsp3) is 0.333. The van der Waals surface area contributed by atoms with Gasteiger partial charge in [0.25, 0.3) is 5.91 Å². The molecule has 3 rings (SSSR count). The number of nitrogens with one attached hydrogen (secondary N) is 2. The van der Waals surface area contributed by atoms with Gasteiger partial charge in [0.05, 0.1) is 0 Å². The van der Waals surface area contributed by atoms with Gasteiger partial charge in [-0.25, -0.2) is 4.98 Å². The summed E-state index contributed by atoms with van der Waals surface area (Å²) in [7, 11) is 0. The number of nitrogens with zero attached hydrogens (tertiary/aromatic N) is 1. The zero-order valence-electron chi connectivity index (χ0n) is 11.7. The van der Waals surface area contributed by atoms with Gasteiger partial charge in [0.2, 0.25) is 6.10 Å².